The highest BCUT2D eigenvalue weighted by Crippen LogP contribution is 2.28. The molecule has 1 aliphatic rings. The molecule has 0 bridgehead atoms. The number of hydrogen-bond acceptors (Lipinski definition) is 5. The Labute approximate surface area is 178 Å². The molecular formula is C25H30O5. The van der Waals surface area contributed by atoms with Crippen LogP contribution in [0, 0.1) is 13.8 Å². The molecule has 0 N–H and O–H groups in total. The predicted octanol–water partition coefficient (Wildman–Crippen LogP) is 5.33. The molecule has 3 rings (SSSR count). The Balaban J connectivity index is 1.78. The largest absolute Gasteiger partial charge is 0.488 e. The average Bonchev–Trinajstić information content (AvgIpc) is 2.74. The fourth-order valence-electron chi connectivity index (χ4n) is 3.46. The van der Waals surface area contributed by atoms with Gasteiger partial charge in [0.15, 0.2) is 6.29 Å². The highest BCUT2D eigenvalue weighted by Gasteiger charge is 2.21. The third-order valence-electron chi connectivity index (χ3n) is 4.88. The Bertz CT molecular complexity index is 843. The van der Waals surface area contributed by atoms with Crippen LogP contribution in [0.25, 0.3) is 6.08 Å². The van der Waals surface area contributed by atoms with Gasteiger partial charge in [-0.25, -0.2) is 4.79 Å². The zero-order chi connectivity index (χ0) is 21.3. The number of benzene rings is 2. The first-order valence-electron chi connectivity index (χ1n) is 10.5. The quantitative estimate of drug-likeness (QED) is 0.334. The minimum absolute atomic E-state index is 0.167. The number of carbonyl (C=O) groups is 1. The lowest BCUT2D eigenvalue weighted by molar-refractivity contribution is -0.162. The molecule has 160 valence electrons. The van der Waals surface area contributed by atoms with Crippen molar-refractivity contribution < 1.29 is 23.7 Å². The van der Waals surface area contributed by atoms with Crippen molar-refractivity contribution in [1.82, 2.24) is 0 Å². The molecular weight excluding hydrogens is 380 g/mol. The van der Waals surface area contributed by atoms with Crippen LogP contribution in [0.3, 0.4) is 0 Å². The summed E-state index contributed by atoms with van der Waals surface area (Å²) in [5.41, 5.74) is 3.96. The van der Waals surface area contributed by atoms with Crippen LogP contribution in [0.5, 0.6) is 5.75 Å². The second kappa shape index (κ2) is 10.8. The van der Waals surface area contributed by atoms with E-state index in [0.29, 0.717) is 13.2 Å². The Morgan fingerprint density at radius 1 is 1.13 bits per heavy atom. The van der Waals surface area contributed by atoms with Crippen LogP contribution in [-0.2, 0) is 25.6 Å². The fraction of sp³-hybridized carbons (Fsp3) is 0.400. The van der Waals surface area contributed by atoms with Gasteiger partial charge in [0.25, 0.3) is 0 Å². The van der Waals surface area contributed by atoms with Gasteiger partial charge in [-0.3, -0.25) is 0 Å². The van der Waals surface area contributed by atoms with Gasteiger partial charge in [0.05, 0.1) is 13.2 Å². The molecule has 1 atom stereocenters. The summed E-state index contributed by atoms with van der Waals surface area (Å²) in [6, 6.07) is 14.0. The van der Waals surface area contributed by atoms with Gasteiger partial charge < -0.3 is 18.9 Å². The SMILES string of the molecule is CCOC(=O)C(=Cc1cc(C)c(OCc2ccccc2)c(C)c1)OC1CCCCO1. The topological polar surface area (TPSA) is 54.0 Å². The summed E-state index contributed by atoms with van der Waals surface area (Å²) in [4.78, 5) is 12.4. The van der Waals surface area contributed by atoms with Crippen molar-refractivity contribution in [2.75, 3.05) is 13.2 Å². The first-order chi connectivity index (χ1) is 14.6. The standard InChI is InChI=1S/C25H30O5/c1-4-27-25(26)22(30-23-12-8-9-13-28-23)16-21-14-18(2)24(19(3)15-21)29-17-20-10-6-5-7-11-20/h5-7,10-11,14-16,23H,4,8-9,12-13,17H2,1-3H3. The van der Waals surface area contributed by atoms with Crippen molar-refractivity contribution in [3.8, 4) is 5.75 Å². The van der Waals surface area contributed by atoms with E-state index in [4.69, 9.17) is 18.9 Å². The molecule has 2 aromatic carbocycles. The Morgan fingerprint density at radius 2 is 1.87 bits per heavy atom. The maximum Gasteiger partial charge on any atom is 0.373 e. The monoisotopic (exact) mass is 410 g/mol. The Kier molecular flexibility index (Phi) is 7.91. The summed E-state index contributed by atoms with van der Waals surface area (Å²) >= 11 is 0. The smallest absolute Gasteiger partial charge is 0.373 e. The van der Waals surface area contributed by atoms with E-state index in [0.717, 1.165) is 47.3 Å². The van der Waals surface area contributed by atoms with E-state index in [1.807, 2.05) is 56.3 Å². The van der Waals surface area contributed by atoms with Crippen LogP contribution in [0.1, 0.15) is 48.4 Å². The Morgan fingerprint density at radius 3 is 2.50 bits per heavy atom. The lowest BCUT2D eigenvalue weighted by Gasteiger charge is -2.24. The van der Waals surface area contributed by atoms with Crippen LogP contribution < -0.4 is 4.74 Å². The average molecular weight is 411 g/mol. The third kappa shape index (κ3) is 6.10. The van der Waals surface area contributed by atoms with Gasteiger partial charge >= 0.3 is 5.97 Å². The molecule has 5 heteroatoms. The fourth-order valence-corrected chi connectivity index (χ4v) is 3.46. The number of hydrogen-bond donors (Lipinski definition) is 0. The molecule has 5 nitrogen and oxygen atoms in total. The molecule has 30 heavy (non-hydrogen) atoms. The number of ether oxygens (including phenoxy) is 4. The van der Waals surface area contributed by atoms with E-state index in [-0.39, 0.29) is 12.4 Å². The third-order valence-corrected chi connectivity index (χ3v) is 4.88. The molecule has 0 saturated carbocycles. The van der Waals surface area contributed by atoms with E-state index in [2.05, 4.69) is 0 Å². The normalized spacial score (nSPS) is 16.8. The second-order valence-electron chi connectivity index (χ2n) is 7.40. The van der Waals surface area contributed by atoms with Crippen LogP contribution in [0.2, 0.25) is 0 Å². The minimum Gasteiger partial charge on any atom is -0.488 e. The van der Waals surface area contributed by atoms with Gasteiger partial charge in [-0.1, -0.05) is 30.3 Å². The lowest BCUT2D eigenvalue weighted by Crippen LogP contribution is -2.24. The van der Waals surface area contributed by atoms with Crippen LogP contribution in [-0.4, -0.2) is 25.5 Å². The molecule has 0 amide bonds. The molecule has 0 aliphatic carbocycles. The van der Waals surface area contributed by atoms with Gasteiger partial charge in [-0.05, 0) is 74.1 Å². The first-order valence-corrected chi connectivity index (χ1v) is 10.5. The van der Waals surface area contributed by atoms with Crippen LogP contribution in [0.4, 0.5) is 0 Å². The zero-order valence-electron chi connectivity index (χ0n) is 18.0. The molecule has 0 spiro atoms. The van der Waals surface area contributed by atoms with E-state index >= 15 is 0 Å². The molecule has 1 unspecified atom stereocenters. The molecule has 1 heterocycles. The maximum absolute atomic E-state index is 12.4. The summed E-state index contributed by atoms with van der Waals surface area (Å²) in [5, 5.41) is 0. The van der Waals surface area contributed by atoms with Gasteiger partial charge in [-0.15, -0.1) is 0 Å². The van der Waals surface area contributed by atoms with Crippen molar-refractivity contribution in [3.05, 3.63) is 70.5 Å². The maximum atomic E-state index is 12.4. The highest BCUT2D eigenvalue weighted by atomic mass is 16.7. The molecule has 0 aromatic heterocycles. The van der Waals surface area contributed by atoms with Crippen molar-refractivity contribution in [1.29, 1.82) is 0 Å². The number of esters is 1. The van der Waals surface area contributed by atoms with Crippen molar-refractivity contribution in [2.24, 2.45) is 0 Å². The predicted molar refractivity (Wildman–Crippen MR) is 116 cm³/mol. The van der Waals surface area contributed by atoms with E-state index in [9.17, 15) is 4.79 Å². The van der Waals surface area contributed by atoms with E-state index < -0.39 is 12.3 Å². The van der Waals surface area contributed by atoms with Crippen LogP contribution in [0.15, 0.2) is 48.2 Å². The Hall–Kier alpha value is -2.79. The summed E-state index contributed by atoms with van der Waals surface area (Å²) in [7, 11) is 0. The van der Waals surface area contributed by atoms with Gasteiger partial charge in [-0.2, -0.15) is 0 Å². The van der Waals surface area contributed by atoms with E-state index in [1.165, 1.54) is 0 Å². The van der Waals surface area contributed by atoms with Crippen molar-refractivity contribution in [2.45, 2.75) is 52.9 Å². The minimum atomic E-state index is -0.480. The summed E-state index contributed by atoms with van der Waals surface area (Å²) in [6.07, 6.45) is 4.11. The molecule has 1 aliphatic heterocycles. The number of carbonyl (C=O) groups excluding carboxylic acids is 1. The van der Waals surface area contributed by atoms with Gasteiger partial charge in [0, 0.05) is 6.42 Å². The molecule has 2 aromatic rings. The first kappa shape index (κ1) is 21.9. The summed E-state index contributed by atoms with van der Waals surface area (Å²) in [6.45, 7) is 7.22. The van der Waals surface area contributed by atoms with Gasteiger partial charge in [0.1, 0.15) is 12.4 Å². The summed E-state index contributed by atoms with van der Waals surface area (Å²) < 4.78 is 22.7. The van der Waals surface area contributed by atoms with Crippen LogP contribution >= 0.6 is 0 Å². The number of aryl methyl sites for hydroxylation is 2. The second-order valence-corrected chi connectivity index (χ2v) is 7.40. The van der Waals surface area contributed by atoms with E-state index in [1.54, 1.807) is 13.0 Å². The van der Waals surface area contributed by atoms with Crippen molar-refractivity contribution >= 4 is 12.0 Å². The summed E-state index contributed by atoms with van der Waals surface area (Å²) in [5.74, 6) is 0.539. The molecule has 1 saturated heterocycles. The number of rotatable bonds is 8. The van der Waals surface area contributed by atoms with Crippen molar-refractivity contribution in [3.63, 3.8) is 0 Å². The highest BCUT2D eigenvalue weighted by molar-refractivity contribution is 5.91. The molecule has 1 fully saturated rings. The molecule has 0 radical (unpaired) electrons. The zero-order valence-corrected chi connectivity index (χ0v) is 18.0. The van der Waals surface area contributed by atoms with Gasteiger partial charge in [0.2, 0.25) is 5.76 Å². The lowest BCUT2D eigenvalue weighted by atomic mass is 10.0.